The van der Waals surface area contributed by atoms with E-state index in [0.717, 1.165) is 30.9 Å². The summed E-state index contributed by atoms with van der Waals surface area (Å²) >= 11 is 0. The molecule has 0 unspecified atom stereocenters. The van der Waals surface area contributed by atoms with Crippen LogP contribution in [0.4, 0.5) is 0 Å². The van der Waals surface area contributed by atoms with Gasteiger partial charge in [-0.3, -0.25) is 14.9 Å². The first-order valence-electron chi connectivity index (χ1n) is 7.56. The molecule has 1 saturated heterocycles. The predicted octanol–water partition coefficient (Wildman–Crippen LogP) is 2.03. The zero-order valence-electron chi connectivity index (χ0n) is 12.6. The minimum atomic E-state index is -0.0648. The van der Waals surface area contributed by atoms with Crippen LogP contribution in [0.15, 0.2) is 43.1 Å². The summed E-state index contributed by atoms with van der Waals surface area (Å²) in [6.07, 6.45) is 11.3. The Kier molecular flexibility index (Phi) is 3.11. The summed E-state index contributed by atoms with van der Waals surface area (Å²) in [5.74, 6) is 0. The molecule has 112 valence electrons. The molecule has 0 aliphatic carbocycles. The first-order valence-corrected chi connectivity index (χ1v) is 7.56. The Labute approximate surface area is 128 Å². The summed E-state index contributed by atoms with van der Waals surface area (Å²) in [6, 6.07) is 4.02. The van der Waals surface area contributed by atoms with Crippen LogP contribution in [0.2, 0.25) is 0 Å². The standard InChI is InChI=1S/C16H18N6/c1-16(14-3-6-19-15-4-7-20-22(14)15)5-2-10-21(16)12-13-11-17-8-9-18-13/h3-4,6-9,11H,2,5,10,12H2,1H3/t16-/m1/s1. The Morgan fingerprint density at radius 2 is 2.09 bits per heavy atom. The summed E-state index contributed by atoms with van der Waals surface area (Å²) in [4.78, 5) is 15.4. The Morgan fingerprint density at radius 3 is 2.95 bits per heavy atom. The first kappa shape index (κ1) is 13.3. The molecule has 0 saturated carbocycles. The minimum absolute atomic E-state index is 0.0648. The topological polar surface area (TPSA) is 59.2 Å². The van der Waals surface area contributed by atoms with Gasteiger partial charge < -0.3 is 0 Å². The molecule has 6 nitrogen and oxygen atoms in total. The molecule has 0 amide bonds. The van der Waals surface area contributed by atoms with Gasteiger partial charge in [-0.1, -0.05) is 0 Å². The maximum atomic E-state index is 4.45. The van der Waals surface area contributed by atoms with Gasteiger partial charge in [0.2, 0.25) is 0 Å². The van der Waals surface area contributed by atoms with Crippen LogP contribution in [0.5, 0.6) is 0 Å². The third-order valence-electron chi connectivity index (χ3n) is 4.60. The summed E-state index contributed by atoms with van der Waals surface area (Å²) < 4.78 is 1.95. The number of fused-ring (bicyclic) bond motifs is 1. The highest BCUT2D eigenvalue weighted by Gasteiger charge is 2.40. The van der Waals surface area contributed by atoms with Crippen LogP contribution in [0.25, 0.3) is 5.65 Å². The zero-order chi connectivity index (χ0) is 15.0. The van der Waals surface area contributed by atoms with Gasteiger partial charge in [-0.05, 0) is 32.4 Å². The van der Waals surface area contributed by atoms with Crippen molar-refractivity contribution in [2.75, 3.05) is 6.54 Å². The van der Waals surface area contributed by atoms with Crippen molar-refractivity contribution in [1.29, 1.82) is 0 Å². The molecule has 3 aromatic rings. The van der Waals surface area contributed by atoms with E-state index in [4.69, 9.17) is 0 Å². The number of rotatable bonds is 3. The average Bonchev–Trinajstić information content (AvgIpc) is 3.16. The third-order valence-corrected chi connectivity index (χ3v) is 4.60. The van der Waals surface area contributed by atoms with E-state index < -0.39 is 0 Å². The second-order valence-corrected chi connectivity index (χ2v) is 5.93. The van der Waals surface area contributed by atoms with E-state index in [1.165, 1.54) is 12.1 Å². The van der Waals surface area contributed by atoms with Crippen LogP contribution < -0.4 is 0 Å². The Balaban J connectivity index is 1.73. The Hall–Kier alpha value is -2.34. The first-order chi connectivity index (χ1) is 10.8. The zero-order valence-corrected chi connectivity index (χ0v) is 12.6. The SMILES string of the molecule is C[C@]1(c2ccnc3ccnn23)CCCN1Cc1cnccn1. The third kappa shape index (κ3) is 2.07. The molecule has 0 N–H and O–H groups in total. The molecular formula is C16H18N6. The van der Waals surface area contributed by atoms with Gasteiger partial charge in [-0.15, -0.1) is 0 Å². The second-order valence-electron chi connectivity index (χ2n) is 5.93. The lowest BCUT2D eigenvalue weighted by atomic mass is 9.94. The number of nitrogens with zero attached hydrogens (tertiary/aromatic N) is 6. The van der Waals surface area contributed by atoms with Crippen molar-refractivity contribution in [2.24, 2.45) is 0 Å². The molecule has 1 atom stereocenters. The number of hydrogen-bond donors (Lipinski definition) is 0. The van der Waals surface area contributed by atoms with Crippen molar-refractivity contribution < 1.29 is 0 Å². The Morgan fingerprint density at radius 1 is 1.14 bits per heavy atom. The Bertz CT molecular complexity index is 783. The van der Waals surface area contributed by atoms with Crippen LogP contribution in [0.1, 0.15) is 31.2 Å². The van der Waals surface area contributed by atoms with E-state index in [-0.39, 0.29) is 5.54 Å². The summed E-state index contributed by atoms with van der Waals surface area (Å²) in [7, 11) is 0. The molecule has 4 heterocycles. The summed E-state index contributed by atoms with van der Waals surface area (Å²) in [6.45, 7) is 4.14. The molecule has 6 heteroatoms. The van der Waals surface area contributed by atoms with Crippen LogP contribution in [-0.4, -0.2) is 36.0 Å². The van der Waals surface area contributed by atoms with Crippen molar-refractivity contribution in [3.8, 4) is 0 Å². The summed E-state index contributed by atoms with van der Waals surface area (Å²) in [5.41, 5.74) is 3.01. The largest absolute Gasteiger partial charge is 0.286 e. The fourth-order valence-corrected chi connectivity index (χ4v) is 3.41. The van der Waals surface area contributed by atoms with E-state index in [1.807, 2.05) is 23.0 Å². The normalized spacial score (nSPS) is 22.4. The summed E-state index contributed by atoms with van der Waals surface area (Å²) in [5, 5.41) is 4.45. The van der Waals surface area contributed by atoms with E-state index in [1.54, 1.807) is 18.6 Å². The number of likely N-dealkylation sites (tertiary alicyclic amines) is 1. The van der Waals surface area contributed by atoms with E-state index >= 15 is 0 Å². The van der Waals surface area contributed by atoms with Crippen molar-refractivity contribution >= 4 is 5.65 Å². The molecule has 4 rings (SSSR count). The molecule has 0 aromatic carbocycles. The molecule has 0 spiro atoms. The van der Waals surface area contributed by atoms with Crippen LogP contribution in [0, 0.1) is 0 Å². The maximum Gasteiger partial charge on any atom is 0.155 e. The lowest BCUT2D eigenvalue weighted by Gasteiger charge is -2.35. The lowest BCUT2D eigenvalue weighted by Crippen LogP contribution is -2.40. The van der Waals surface area contributed by atoms with Crippen LogP contribution >= 0.6 is 0 Å². The minimum Gasteiger partial charge on any atom is -0.286 e. The molecular weight excluding hydrogens is 276 g/mol. The number of aromatic nitrogens is 5. The fraction of sp³-hybridized carbons (Fsp3) is 0.375. The lowest BCUT2D eigenvalue weighted by molar-refractivity contribution is 0.138. The monoisotopic (exact) mass is 294 g/mol. The van der Waals surface area contributed by atoms with Crippen molar-refractivity contribution in [3.05, 3.63) is 54.5 Å². The van der Waals surface area contributed by atoms with Crippen molar-refractivity contribution in [2.45, 2.75) is 31.8 Å². The predicted molar refractivity (Wildman–Crippen MR) is 82.0 cm³/mol. The van der Waals surface area contributed by atoms with Crippen molar-refractivity contribution in [1.82, 2.24) is 29.5 Å². The highest BCUT2D eigenvalue weighted by atomic mass is 15.3. The van der Waals surface area contributed by atoms with Crippen LogP contribution in [0.3, 0.4) is 0 Å². The van der Waals surface area contributed by atoms with Gasteiger partial charge >= 0.3 is 0 Å². The maximum absolute atomic E-state index is 4.45. The number of hydrogen-bond acceptors (Lipinski definition) is 5. The average molecular weight is 294 g/mol. The van der Waals surface area contributed by atoms with Gasteiger partial charge in [-0.25, -0.2) is 9.50 Å². The smallest absolute Gasteiger partial charge is 0.155 e. The molecule has 3 aromatic heterocycles. The van der Waals surface area contributed by atoms with Gasteiger partial charge in [0.1, 0.15) is 0 Å². The van der Waals surface area contributed by atoms with Gasteiger partial charge in [0.05, 0.1) is 23.1 Å². The van der Waals surface area contributed by atoms with E-state index in [2.05, 4.69) is 37.9 Å². The van der Waals surface area contributed by atoms with Gasteiger partial charge in [-0.2, -0.15) is 5.10 Å². The van der Waals surface area contributed by atoms with Crippen LogP contribution in [-0.2, 0) is 12.1 Å². The molecule has 22 heavy (non-hydrogen) atoms. The van der Waals surface area contributed by atoms with Gasteiger partial charge in [0.15, 0.2) is 5.65 Å². The van der Waals surface area contributed by atoms with Gasteiger partial charge in [0, 0.05) is 37.4 Å². The highest BCUT2D eigenvalue weighted by Crippen LogP contribution is 2.38. The van der Waals surface area contributed by atoms with Gasteiger partial charge in [0.25, 0.3) is 0 Å². The quantitative estimate of drug-likeness (QED) is 0.739. The fourth-order valence-electron chi connectivity index (χ4n) is 3.41. The molecule has 0 bridgehead atoms. The molecule has 1 aliphatic heterocycles. The molecule has 0 radical (unpaired) electrons. The second kappa shape index (κ2) is 5.14. The van der Waals surface area contributed by atoms with E-state index in [0.29, 0.717) is 0 Å². The highest BCUT2D eigenvalue weighted by molar-refractivity contribution is 5.38. The molecule has 1 fully saturated rings. The van der Waals surface area contributed by atoms with E-state index in [9.17, 15) is 0 Å². The molecule has 1 aliphatic rings. The van der Waals surface area contributed by atoms with Crippen molar-refractivity contribution in [3.63, 3.8) is 0 Å².